The molecule has 0 bridgehead atoms. The molecule has 0 saturated carbocycles. The molecule has 0 radical (unpaired) electrons. The third kappa shape index (κ3) is 3.43. The summed E-state index contributed by atoms with van der Waals surface area (Å²) in [6.45, 7) is 0. The number of nitrogens with zero attached hydrogens (tertiary/aromatic N) is 1. The van der Waals surface area contributed by atoms with Crippen LogP contribution in [0.25, 0.3) is 22.0 Å². The van der Waals surface area contributed by atoms with E-state index in [9.17, 15) is 10.0 Å². The molecular weight excluding hydrogens is 336 g/mol. The van der Waals surface area contributed by atoms with Crippen LogP contribution in [-0.4, -0.2) is 16.1 Å². The molecule has 4 heteroatoms. The van der Waals surface area contributed by atoms with Gasteiger partial charge in [0.1, 0.15) is 0 Å². The summed E-state index contributed by atoms with van der Waals surface area (Å²) in [7, 11) is 0. The molecule has 1 heterocycles. The smallest absolute Gasteiger partial charge is 0.255 e. The molecule has 132 valence electrons. The predicted molar refractivity (Wildman–Crippen MR) is 105 cm³/mol. The first-order valence-electron chi connectivity index (χ1n) is 8.70. The van der Waals surface area contributed by atoms with Crippen molar-refractivity contribution in [2.75, 3.05) is 0 Å². The number of hydroxylamine groups is 1. The van der Waals surface area contributed by atoms with Crippen molar-refractivity contribution >= 4 is 16.8 Å². The first-order valence-corrected chi connectivity index (χ1v) is 8.70. The van der Waals surface area contributed by atoms with Gasteiger partial charge in [-0.15, -0.1) is 0 Å². The lowest BCUT2D eigenvalue weighted by Crippen LogP contribution is -2.27. The minimum Gasteiger partial charge on any atom is -0.289 e. The van der Waals surface area contributed by atoms with Crippen molar-refractivity contribution in [1.82, 2.24) is 10.5 Å². The van der Waals surface area contributed by atoms with E-state index in [0.29, 0.717) is 0 Å². The Hall–Kier alpha value is -3.50. The fourth-order valence-corrected chi connectivity index (χ4v) is 3.36. The van der Waals surface area contributed by atoms with E-state index in [1.54, 1.807) is 11.7 Å². The summed E-state index contributed by atoms with van der Waals surface area (Å²) < 4.78 is 0. The van der Waals surface area contributed by atoms with Gasteiger partial charge in [0, 0.05) is 11.6 Å². The largest absolute Gasteiger partial charge is 0.289 e. The summed E-state index contributed by atoms with van der Waals surface area (Å²) >= 11 is 0. The van der Waals surface area contributed by atoms with Crippen LogP contribution in [0.2, 0.25) is 0 Å². The molecule has 3 aromatic carbocycles. The van der Waals surface area contributed by atoms with Crippen LogP contribution in [0, 0.1) is 0 Å². The minimum atomic E-state index is -0.585. The second-order valence-electron chi connectivity index (χ2n) is 6.36. The fraction of sp³-hybridized carbons (Fsp3) is 0.0435. The van der Waals surface area contributed by atoms with Crippen LogP contribution >= 0.6 is 0 Å². The van der Waals surface area contributed by atoms with Crippen molar-refractivity contribution in [1.29, 1.82) is 0 Å². The SMILES string of the molecule is O=C(NO)C(c1ccccc1)c1cccc(-c2ccc3ncccc3c2)c1. The Morgan fingerprint density at radius 1 is 0.815 bits per heavy atom. The highest BCUT2D eigenvalue weighted by Gasteiger charge is 2.22. The van der Waals surface area contributed by atoms with Crippen LogP contribution in [0.1, 0.15) is 17.0 Å². The first kappa shape index (κ1) is 16.9. The molecule has 0 aliphatic carbocycles. The molecule has 0 aliphatic heterocycles. The van der Waals surface area contributed by atoms with Crippen LogP contribution in [0.5, 0.6) is 0 Å². The second kappa shape index (κ2) is 7.40. The Bertz CT molecular complexity index is 1090. The number of nitrogens with one attached hydrogen (secondary N) is 1. The number of fused-ring (bicyclic) bond motifs is 1. The highest BCUT2D eigenvalue weighted by atomic mass is 16.5. The van der Waals surface area contributed by atoms with E-state index >= 15 is 0 Å². The molecule has 1 unspecified atom stereocenters. The molecular formula is C23H18N2O2. The van der Waals surface area contributed by atoms with Gasteiger partial charge in [0.25, 0.3) is 5.91 Å². The predicted octanol–water partition coefficient (Wildman–Crippen LogP) is 4.54. The molecule has 4 nitrogen and oxygen atoms in total. The Morgan fingerprint density at radius 2 is 1.59 bits per heavy atom. The van der Waals surface area contributed by atoms with Gasteiger partial charge in [0.05, 0.1) is 11.4 Å². The quantitative estimate of drug-likeness (QED) is 0.418. The van der Waals surface area contributed by atoms with Crippen molar-refractivity contribution in [3.8, 4) is 11.1 Å². The van der Waals surface area contributed by atoms with Crippen LogP contribution in [0.3, 0.4) is 0 Å². The summed E-state index contributed by atoms with van der Waals surface area (Å²) in [4.78, 5) is 16.7. The maximum atomic E-state index is 12.4. The maximum Gasteiger partial charge on any atom is 0.255 e. The number of carbonyl (C=O) groups excluding carboxylic acids is 1. The van der Waals surface area contributed by atoms with E-state index in [-0.39, 0.29) is 0 Å². The zero-order valence-corrected chi connectivity index (χ0v) is 14.5. The van der Waals surface area contributed by atoms with E-state index in [0.717, 1.165) is 33.2 Å². The molecule has 0 fully saturated rings. The number of rotatable bonds is 4. The van der Waals surface area contributed by atoms with Crippen LogP contribution in [0.15, 0.2) is 91.1 Å². The lowest BCUT2D eigenvalue weighted by molar-refractivity contribution is -0.129. The van der Waals surface area contributed by atoms with Crippen LogP contribution in [0.4, 0.5) is 0 Å². The molecule has 1 atom stereocenters. The average Bonchev–Trinajstić information content (AvgIpc) is 2.74. The van der Waals surface area contributed by atoms with E-state index in [1.807, 2.05) is 78.9 Å². The van der Waals surface area contributed by atoms with Gasteiger partial charge in [-0.2, -0.15) is 0 Å². The highest BCUT2D eigenvalue weighted by Crippen LogP contribution is 2.30. The number of amides is 1. The molecule has 0 spiro atoms. The average molecular weight is 354 g/mol. The van der Waals surface area contributed by atoms with Crippen LogP contribution < -0.4 is 5.48 Å². The molecule has 0 aliphatic rings. The molecule has 0 saturated heterocycles. The van der Waals surface area contributed by atoms with Crippen molar-refractivity contribution in [3.63, 3.8) is 0 Å². The van der Waals surface area contributed by atoms with E-state index in [2.05, 4.69) is 11.1 Å². The first-order chi connectivity index (χ1) is 13.3. The summed E-state index contributed by atoms with van der Waals surface area (Å²) in [5.41, 5.74) is 6.44. The normalized spacial score (nSPS) is 11.9. The summed E-state index contributed by atoms with van der Waals surface area (Å²) in [6, 6.07) is 27.3. The highest BCUT2D eigenvalue weighted by molar-refractivity contribution is 5.88. The summed E-state index contributed by atoms with van der Waals surface area (Å²) in [5.74, 6) is -1.04. The number of carbonyl (C=O) groups is 1. The number of pyridine rings is 1. The number of aromatic nitrogens is 1. The van der Waals surface area contributed by atoms with Gasteiger partial charge in [-0.1, -0.05) is 66.7 Å². The lowest BCUT2D eigenvalue weighted by atomic mass is 9.88. The van der Waals surface area contributed by atoms with Gasteiger partial charge >= 0.3 is 0 Å². The van der Waals surface area contributed by atoms with Crippen LogP contribution in [-0.2, 0) is 4.79 Å². The summed E-state index contributed by atoms with van der Waals surface area (Å²) in [6.07, 6.45) is 1.78. The number of benzene rings is 3. The van der Waals surface area contributed by atoms with Crippen molar-refractivity contribution in [2.24, 2.45) is 0 Å². The molecule has 27 heavy (non-hydrogen) atoms. The number of hydrogen-bond donors (Lipinski definition) is 2. The molecule has 4 rings (SSSR count). The van der Waals surface area contributed by atoms with Gasteiger partial charge < -0.3 is 0 Å². The van der Waals surface area contributed by atoms with Gasteiger partial charge in [-0.25, -0.2) is 5.48 Å². The minimum absolute atomic E-state index is 0.457. The van der Waals surface area contributed by atoms with Crippen molar-refractivity contribution in [3.05, 3.63) is 102 Å². The molecule has 1 amide bonds. The van der Waals surface area contributed by atoms with Gasteiger partial charge in [0.2, 0.25) is 0 Å². The molecule has 4 aromatic rings. The topological polar surface area (TPSA) is 62.2 Å². The lowest BCUT2D eigenvalue weighted by Gasteiger charge is -2.17. The Kier molecular flexibility index (Phi) is 4.64. The maximum absolute atomic E-state index is 12.4. The Balaban J connectivity index is 1.79. The van der Waals surface area contributed by atoms with Crippen molar-refractivity contribution in [2.45, 2.75) is 5.92 Å². The van der Waals surface area contributed by atoms with Crippen molar-refractivity contribution < 1.29 is 10.0 Å². The third-order valence-corrected chi connectivity index (χ3v) is 4.66. The third-order valence-electron chi connectivity index (χ3n) is 4.66. The van der Waals surface area contributed by atoms with E-state index in [4.69, 9.17) is 0 Å². The van der Waals surface area contributed by atoms with Gasteiger partial charge in [0.15, 0.2) is 0 Å². The van der Waals surface area contributed by atoms with E-state index in [1.165, 1.54) is 0 Å². The Labute approximate surface area is 157 Å². The molecule has 1 aromatic heterocycles. The van der Waals surface area contributed by atoms with E-state index < -0.39 is 11.8 Å². The summed E-state index contributed by atoms with van der Waals surface area (Å²) in [5, 5.41) is 10.3. The van der Waals surface area contributed by atoms with Gasteiger partial charge in [-0.3, -0.25) is 15.0 Å². The zero-order valence-electron chi connectivity index (χ0n) is 14.5. The monoisotopic (exact) mass is 354 g/mol. The standard InChI is InChI=1S/C23H18N2O2/c26-23(25-27)22(16-6-2-1-3-7-16)20-9-4-8-17(15-20)18-11-12-21-19(14-18)10-5-13-24-21/h1-15,22,27H,(H,25,26). The van der Waals surface area contributed by atoms with Gasteiger partial charge in [-0.05, 0) is 40.5 Å². The second-order valence-corrected chi connectivity index (χ2v) is 6.36. The number of hydrogen-bond acceptors (Lipinski definition) is 3. The zero-order chi connectivity index (χ0) is 18.6. The molecule has 2 N–H and O–H groups in total. The fourth-order valence-electron chi connectivity index (χ4n) is 3.36. The Morgan fingerprint density at radius 3 is 2.41 bits per heavy atom.